The molecule has 0 radical (unpaired) electrons. The van der Waals surface area contributed by atoms with E-state index in [2.05, 4.69) is 5.32 Å². The van der Waals surface area contributed by atoms with Crippen molar-refractivity contribution in [3.63, 3.8) is 0 Å². The van der Waals surface area contributed by atoms with Crippen LogP contribution in [0.4, 0.5) is 10.1 Å². The number of hydrogen-bond donors (Lipinski definition) is 3. The van der Waals surface area contributed by atoms with Gasteiger partial charge in [0.05, 0.1) is 24.5 Å². The minimum atomic E-state index is -0.899. The van der Waals surface area contributed by atoms with E-state index in [1.807, 2.05) is 0 Å². The van der Waals surface area contributed by atoms with Gasteiger partial charge in [0.2, 0.25) is 0 Å². The van der Waals surface area contributed by atoms with Gasteiger partial charge in [0, 0.05) is 19.2 Å². The predicted molar refractivity (Wildman–Crippen MR) is 72.5 cm³/mol. The molecule has 20 heavy (non-hydrogen) atoms. The van der Waals surface area contributed by atoms with Crippen LogP contribution in [0, 0.1) is 5.82 Å². The zero-order valence-corrected chi connectivity index (χ0v) is 11.2. The third kappa shape index (κ3) is 4.33. The van der Waals surface area contributed by atoms with Crippen molar-refractivity contribution in [2.24, 2.45) is 0 Å². The normalized spacial score (nSPS) is 19.9. The molecule has 1 aromatic carbocycles. The summed E-state index contributed by atoms with van der Waals surface area (Å²) in [5.41, 5.74) is 0.454. The number of aliphatic hydroxyl groups excluding tert-OH is 2. The van der Waals surface area contributed by atoms with Crippen LogP contribution in [0.25, 0.3) is 0 Å². The molecule has 3 N–H and O–H groups in total. The number of anilines is 1. The summed E-state index contributed by atoms with van der Waals surface area (Å²) < 4.78 is 24.4. The molecule has 2 atom stereocenters. The van der Waals surface area contributed by atoms with Crippen molar-refractivity contribution in [2.45, 2.75) is 25.0 Å². The molecule has 0 spiro atoms. The fourth-order valence-corrected chi connectivity index (χ4v) is 2.02. The van der Waals surface area contributed by atoms with Crippen LogP contribution in [0.15, 0.2) is 18.2 Å². The molecule has 0 bridgehead atoms. The molecule has 1 heterocycles. The van der Waals surface area contributed by atoms with Gasteiger partial charge < -0.3 is 25.0 Å². The van der Waals surface area contributed by atoms with Gasteiger partial charge >= 0.3 is 0 Å². The van der Waals surface area contributed by atoms with Gasteiger partial charge in [0.15, 0.2) is 0 Å². The maximum Gasteiger partial charge on any atom is 0.142 e. The third-order valence-corrected chi connectivity index (χ3v) is 3.13. The second kappa shape index (κ2) is 7.42. The molecule has 0 amide bonds. The van der Waals surface area contributed by atoms with Gasteiger partial charge in [-0.2, -0.15) is 0 Å². The van der Waals surface area contributed by atoms with Crippen molar-refractivity contribution >= 4 is 5.69 Å². The van der Waals surface area contributed by atoms with Crippen molar-refractivity contribution in [1.29, 1.82) is 0 Å². The largest absolute Gasteiger partial charge is 0.489 e. The molecule has 1 fully saturated rings. The quantitative estimate of drug-likeness (QED) is 0.701. The van der Waals surface area contributed by atoms with E-state index in [9.17, 15) is 9.50 Å². The average Bonchev–Trinajstić information content (AvgIpc) is 2.97. The molecule has 1 saturated heterocycles. The topological polar surface area (TPSA) is 71.0 Å². The summed E-state index contributed by atoms with van der Waals surface area (Å²) in [5.74, 6) is 0.113. The Bertz CT molecular complexity index is 424. The Hall–Kier alpha value is -1.37. The number of nitrogens with one attached hydrogen (secondary N) is 1. The smallest absolute Gasteiger partial charge is 0.142 e. The summed E-state index contributed by atoms with van der Waals surface area (Å²) in [6.07, 6.45) is 1.18. The molecule has 1 aromatic rings. The molecule has 5 nitrogen and oxygen atoms in total. The van der Waals surface area contributed by atoms with Crippen LogP contribution >= 0.6 is 0 Å². The van der Waals surface area contributed by atoms with E-state index in [-0.39, 0.29) is 19.3 Å². The molecule has 0 aliphatic carbocycles. The highest BCUT2D eigenvalue weighted by molar-refractivity contribution is 5.56. The van der Waals surface area contributed by atoms with Gasteiger partial charge in [-0.15, -0.1) is 0 Å². The van der Waals surface area contributed by atoms with Gasteiger partial charge in [0.1, 0.15) is 18.2 Å². The van der Waals surface area contributed by atoms with Crippen molar-refractivity contribution in [1.82, 2.24) is 0 Å². The van der Waals surface area contributed by atoms with Crippen LogP contribution in [0.2, 0.25) is 0 Å². The highest BCUT2D eigenvalue weighted by atomic mass is 19.1. The molecule has 0 saturated carbocycles. The first-order chi connectivity index (χ1) is 9.69. The zero-order chi connectivity index (χ0) is 14.4. The lowest BCUT2D eigenvalue weighted by Crippen LogP contribution is -2.23. The molecule has 112 valence electrons. The summed E-state index contributed by atoms with van der Waals surface area (Å²) in [7, 11) is 0. The Morgan fingerprint density at radius 3 is 3.05 bits per heavy atom. The van der Waals surface area contributed by atoms with Crippen LogP contribution in [0.3, 0.4) is 0 Å². The SMILES string of the molecule is OCC(O)CNc1cc(F)ccc1OCC1CCCO1. The minimum absolute atomic E-state index is 0.0796. The van der Waals surface area contributed by atoms with Crippen LogP contribution < -0.4 is 10.1 Å². The summed E-state index contributed by atoms with van der Waals surface area (Å²) in [6, 6.07) is 4.16. The summed E-state index contributed by atoms with van der Waals surface area (Å²) in [6.45, 7) is 0.943. The maximum atomic E-state index is 13.3. The lowest BCUT2D eigenvalue weighted by molar-refractivity contribution is 0.0681. The first-order valence-electron chi connectivity index (χ1n) is 6.76. The Kier molecular flexibility index (Phi) is 5.58. The van der Waals surface area contributed by atoms with Crippen LogP contribution in [-0.4, -0.2) is 48.8 Å². The minimum Gasteiger partial charge on any atom is -0.489 e. The van der Waals surface area contributed by atoms with Crippen molar-refractivity contribution < 1.29 is 24.1 Å². The average molecular weight is 285 g/mol. The van der Waals surface area contributed by atoms with Gasteiger partial charge in [-0.25, -0.2) is 4.39 Å². The zero-order valence-electron chi connectivity index (χ0n) is 11.2. The Balaban J connectivity index is 1.95. The highest BCUT2D eigenvalue weighted by Gasteiger charge is 2.17. The van der Waals surface area contributed by atoms with E-state index in [0.29, 0.717) is 18.0 Å². The Morgan fingerprint density at radius 2 is 2.35 bits per heavy atom. The second-order valence-corrected chi connectivity index (χ2v) is 4.80. The van der Waals surface area contributed by atoms with Gasteiger partial charge in [-0.3, -0.25) is 0 Å². The van der Waals surface area contributed by atoms with Crippen LogP contribution in [0.1, 0.15) is 12.8 Å². The fourth-order valence-electron chi connectivity index (χ4n) is 2.02. The molecular formula is C14H20FNO4. The number of aliphatic hydroxyl groups is 2. The molecule has 1 aliphatic rings. The van der Waals surface area contributed by atoms with Crippen molar-refractivity contribution in [3.05, 3.63) is 24.0 Å². The van der Waals surface area contributed by atoms with E-state index in [1.165, 1.54) is 18.2 Å². The molecule has 1 aliphatic heterocycles. The number of hydrogen-bond acceptors (Lipinski definition) is 5. The molecule has 0 aromatic heterocycles. The summed E-state index contributed by atoms with van der Waals surface area (Å²) in [5, 5.41) is 21.0. The number of rotatable bonds is 7. The molecule has 2 rings (SSSR count). The first-order valence-corrected chi connectivity index (χ1v) is 6.76. The first kappa shape index (κ1) is 15.0. The number of ether oxygens (including phenoxy) is 2. The molecule has 6 heteroatoms. The third-order valence-electron chi connectivity index (χ3n) is 3.13. The standard InChI is InChI=1S/C14H20FNO4/c15-10-3-4-14(20-9-12-2-1-5-19-12)13(6-10)16-7-11(18)8-17/h3-4,6,11-12,16-18H,1-2,5,7-9H2. The van der Waals surface area contributed by atoms with Crippen LogP contribution in [-0.2, 0) is 4.74 Å². The van der Waals surface area contributed by atoms with Crippen LogP contribution in [0.5, 0.6) is 5.75 Å². The van der Waals surface area contributed by atoms with E-state index in [4.69, 9.17) is 14.6 Å². The van der Waals surface area contributed by atoms with E-state index in [0.717, 1.165) is 19.4 Å². The summed E-state index contributed by atoms with van der Waals surface area (Å²) >= 11 is 0. The maximum absolute atomic E-state index is 13.3. The fraction of sp³-hybridized carbons (Fsp3) is 0.571. The monoisotopic (exact) mass is 285 g/mol. The second-order valence-electron chi connectivity index (χ2n) is 4.80. The highest BCUT2D eigenvalue weighted by Crippen LogP contribution is 2.26. The van der Waals surface area contributed by atoms with Gasteiger partial charge in [0.25, 0.3) is 0 Å². The molecule has 2 unspecified atom stereocenters. The van der Waals surface area contributed by atoms with Crippen molar-refractivity contribution in [3.8, 4) is 5.75 Å². The van der Waals surface area contributed by atoms with E-state index >= 15 is 0 Å². The van der Waals surface area contributed by atoms with Gasteiger partial charge in [-0.05, 0) is 25.0 Å². The Morgan fingerprint density at radius 1 is 1.50 bits per heavy atom. The molecular weight excluding hydrogens is 265 g/mol. The van der Waals surface area contributed by atoms with Crippen molar-refractivity contribution in [2.75, 3.05) is 31.7 Å². The predicted octanol–water partition coefficient (Wildman–Crippen LogP) is 1.15. The number of benzene rings is 1. The van der Waals surface area contributed by atoms with E-state index < -0.39 is 11.9 Å². The Labute approximate surface area is 117 Å². The lowest BCUT2D eigenvalue weighted by atomic mass is 10.2. The lowest BCUT2D eigenvalue weighted by Gasteiger charge is -2.17. The number of halogens is 1. The van der Waals surface area contributed by atoms with Gasteiger partial charge in [-0.1, -0.05) is 0 Å². The summed E-state index contributed by atoms with van der Waals surface area (Å²) in [4.78, 5) is 0. The van der Waals surface area contributed by atoms with E-state index in [1.54, 1.807) is 0 Å².